The van der Waals surface area contributed by atoms with Crippen LogP contribution in [-0.2, 0) is 11.3 Å². The van der Waals surface area contributed by atoms with Gasteiger partial charge < -0.3 is 25.2 Å². The smallest absolute Gasteiger partial charge is 0.274 e. The van der Waals surface area contributed by atoms with Crippen molar-refractivity contribution in [3.63, 3.8) is 0 Å². The number of carbonyl (C=O) groups is 3. The molecule has 2 atom stereocenters. The van der Waals surface area contributed by atoms with Crippen molar-refractivity contribution >= 4 is 17.7 Å². The Morgan fingerprint density at radius 3 is 2.61 bits per heavy atom. The first-order valence-corrected chi connectivity index (χ1v) is 10.4. The highest BCUT2D eigenvalue weighted by molar-refractivity contribution is 6.00. The highest BCUT2D eigenvalue weighted by Crippen LogP contribution is 2.42. The van der Waals surface area contributed by atoms with Crippen LogP contribution >= 0.6 is 0 Å². The maximum absolute atomic E-state index is 14.0. The van der Waals surface area contributed by atoms with Crippen LogP contribution in [-0.4, -0.2) is 45.4 Å². The number of halogens is 2. The predicted molar refractivity (Wildman–Crippen MR) is 112 cm³/mol. The molecule has 4 rings (SSSR count). The van der Waals surface area contributed by atoms with Gasteiger partial charge in [-0.25, -0.2) is 8.78 Å². The van der Waals surface area contributed by atoms with E-state index in [2.05, 4.69) is 10.6 Å². The number of hydrogen-bond donors (Lipinski definition) is 3. The molecule has 3 N–H and O–H groups in total. The first-order chi connectivity index (χ1) is 15.6. The van der Waals surface area contributed by atoms with Crippen LogP contribution < -0.4 is 16.1 Å². The van der Waals surface area contributed by atoms with E-state index in [9.17, 15) is 33.1 Å². The Balaban J connectivity index is 1.80. The van der Waals surface area contributed by atoms with E-state index in [1.54, 1.807) is 6.92 Å². The van der Waals surface area contributed by atoms with Crippen LogP contribution in [0.15, 0.2) is 23.0 Å². The van der Waals surface area contributed by atoms with E-state index in [4.69, 9.17) is 0 Å². The molecular formula is C22H22F2N4O5. The third-order valence-electron chi connectivity index (χ3n) is 5.99. The number of hydrogen-bond acceptors (Lipinski definition) is 5. The van der Waals surface area contributed by atoms with Crippen molar-refractivity contribution in [1.82, 2.24) is 20.1 Å². The van der Waals surface area contributed by atoms with E-state index < -0.39 is 52.1 Å². The van der Waals surface area contributed by atoms with Crippen LogP contribution in [0, 0.1) is 11.6 Å². The number of amides is 3. The quantitative estimate of drug-likeness (QED) is 0.622. The molecule has 0 bridgehead atoms. The van der Waals surface area contributed by atoms with E-state index in [-0.39, 0.29) is 36.1 Å². The molecule has 0 saturated carbocycles. The van der Waals surface area contributed by atoms with Crippen LogP contribution in [0.5, 0.6) is 5.75 Å². The molecule has 1 aromatic heterocycles. The number of carbonyl (C=O) groups excluding carboxylic acids is 3. The Morgan fingerprint density at radius 1 is 1.24 bits per heavy atom. The van der Waals surface area contributed by atoms with Crippen LogP contribution in [0.2, 0.25) is 0 Å². The van der Waals surface area contributed by atoms with E-state index >= 15 is 0 Å². The van der Waals surface area contributed by atoms with Gasteiger partial charge in [0.25, 0.3) is 11.8 Å². The normalized spacial score (nSPS) is 18.8. The molecule has 0 saturated heterocycles. The van der Waals surface area contributed by atoms with Crippen molar-refractivity contribution < 1.29 is 28.3 Å². The molecule has 2 aromatic rings. The van der Waals surface area contributed by atoms with Crippen LogP contribution in [0.3, 0.4) is 0 Å². The molecule has 0 fully saturated rings. The van der Waals surface area contributed by atoms with Crippen LogP contribution in [0.1, 0.15) is 64.5 Å². The van der Waals surface area contributed by atoms with Crippen LogP contribution in [0.4, 0.5) is 8.78 Å². The zero-order valence-corrected chi connectivity index (χ0v) is 17.9. The summed E-state index contributed by atoms with van der Waals surface area (Å²) in [6.07, 6.45) is 0.312. The summed E-state index contributed by atoms with van der Waals surface area (Å²) in [5.74, 6) is -4.35. The number of nitrogens with zero attached hydrogens (tertiary/aromatic N) is 2. The van der Waals surface area contributed by atoms with Gasteiger partial charge in [0.1, 0.15) is 17.2 Å². The van der Waals surface area contributed by atoms with E-state index in [1.165, 1.54) is 16.4 Å². The molecule has 1 aromatic carbocycles. The molecule has 0 aliphatic carbocycles. The highest BCUT2D eigenvalue weighted by Gasteiger charge is 2.45. The fourth-order valence-electron chi connectivity index (χ4n) is 4.55. The second-order valence-corrected chi connectivity index (χ2v) is 8.06. The minimum atomic E-state index is -1.06. The number of rotatable bonds is 5. The predicted octanol–water partition coefficient (Wildman–Crippen LogP) is 1.36. The van der Waals surface area contributed by atoms with Gasteiger partial charge in [-0.15, -0.1) is 0 Å². The van der Waals surface area contributed by atoms with Crippen molar-refractivity contribution in [2.75, 3.05) is 13.1 Å². The minimum Gasteiger partial charge on any atom is -0.503 e. The second kappa shape index (κ2) is 8.30. The summed E-state index contributed by atoms with van der Waals surface area (Å²) in [5.41, 5.74) is -1.60. The Kier molecular flexibility index (Phi) is 5.64. The first-order valence-electron chi connectivity index (χ1n) is 10.4. The molecule has 0 unspecified atom stereocenters. The molecule has 0 radical (unpaired) electrons. The van der Waals surface area contributed by atoms with Gasteiger partial charge in [0.2, 0.25) is 11.3 Å². The van der Waals surface area contributed by atoms with Gasteiger partial charge in [-0.2, -0.15) is 0 Å². The summed E-state index contributed by atoms with van der Waals surface area (Å²) < 4.78 is 28.6. The van der Waals surface area contributed by atoms with E-state index in [1.807, 2.05) is 0 Å². The Bertz CT molecular complexity index is 1240. The van der Waals surface area contributed by atoms with Crippen LogP contribution in [0.25, 0.3) is 0 Å². The van der Waals surface area contributed by atoms with Crippen molar-refractivity contribution in [2.45, 2.75) is 38.9 Å². The molecule has 3 amide bonds. The molecule has 2 aliphatic heterocycles. The van der Waals surface area contributed by atoms with Gasteiger partial charge in [-0.1, -0.05) is 6.07 Å². The lowest BCUT2D eigenvalue weighted by atomic mass is 10.0. The topological polar surface area (TPSA) is 121 Å². The van der Waals surface area contributed by atoms with Gasteiger partial charge in [0.05, 0.1) is 17.8 Å². The number of nitrogens with one attached hydrogen (secondary N) is 2. The second-order valence-electron chi connectivity index (χ2n) is 8.06. The maximum atomic E-state index is 14.0. The van der Waals surface area contributed by atoms with Gasteiger partial charge >= 0.3 is 0 Å². The Labute approximate surface area is 187 Å². The lowest BCUT2D eigenvalue weighted by Gasteiger charge is -2.33. The molecule has 11 heteroatoms. The number of benzene rings is 1. The molecule has 2 aliphatic rings. The molecule has 33 heavy (non-hydrogen) atoms. The average molecular weight is 460 g/mol. The van der Waals surface area contributed by atoms with Crippen molar-refractivity contribution in [3.8, 4) is 5.75 Å². The number of aromatic hydroxyl groups is 1. The maximum Gasteiger partial charge on any atom is 0.274 e. The van der Waals surface area contributed by atoms with Gasteiger partial charge in [0, 0.05) is 38.2 Å². The monoisotopic (exact) mass is 460 g/mol. The fourth-order valence-corrected chi connectivity index (χ4v) is 4.55. The highest BCUT2D eigenvalue weighted by atomic mass is 19.1. The lowest BCUT2D eigenvalue weighted by molar-refractivity contribution is -0.119. The number of pyridine rings is 1. The summed E-state index contributed by atoms with van der Waals surface area (Å²) >= 11 is 0. The number of likely N-dealkylation sites (N-methyl/N-ethyl adjacent to an activating group) is 1. The van der Waals surface area contributed by atoms with Gasteiger partial charge in [0.15, 0.2) is 11.4 Å². The number of aromatic nitrogens is 1. The van der Waals surface area contributed by atoms with Crippen molar-refractivity contribution in [1.29, 1.82) is 0 Å². The summed E-state index contributed by atoms with van der Waals surface area (Å²) in [4.78, 5) is 52.3. The molecular weight excluding hydrogens is 438 g/mol. The Hall–Kier alpha value is -3.76. The standard InChI is InChI=1S/C22H22F2N4O5/c1-3-27-9-13-7-15(26-10(2)29)17-16(19(30)20(31)18(22(27)33)28(13)17)21(32)25-8-11-4-5-12(23)6-14(11)24/h4-6,13,15,31H,3,7-9H2,1-2H3,(H,25,32)(H,26,29)/t13-,15-/m0/s1. The third-order valence-corrected chi connectivity index (χ3v) is 5.99. The first kappa shape index (κ1) is 22.4. The van der Waals surface area contributed by atoms with Gasteiger partial charge in [-0.3, -0.25) is 19.2 Å². The summed E-state index contributed by atoms with van der Waals surface area (Å²) in [6.45, 7) is 3.35. The Morgan fingerprint density at radius 2 is 1.97 bits per heavy atom. The van der Waals surface area contributed by atoms with Crippen molar-refractivity contribution in [3.05, 3.63) is 62.6 Å². The average Bonchev–Trinajstić information content (AvgIpc) is 3.08. The SMILES string of the molecule is CCN1C[C@@H]2C[C@H](NC(C)=O)c3c(C(=O)NCc4ccc(F)cc4F)c(=O)c(O)c(n32)C1=O. The molecule has 3 heterocycles. The zero-order chi connectivity index (χ0) is 24.0. The van der Waals surface area contributed by atoms with Gasteiger partial charge in [-0.05, 0) is 19.4 Å². The van der Waals surface area contributed by atoms with Crippen molar-refractivity contribution in [2.24, 2.45) is 0 Å². The lowest BCUT2D eigenvalue weighted by Crippen LogP contribution is -2.44. The third kappa shape index (κ3) is 3.73. The molecule has 0 spiro atoms. The fraction of sp³-hybridized carbons (Fsp3) is 0.364. The molecule has 174 valence electrons. The van der Waals surface area contributed by atoms with E-state index in [0.717, 1.165) is 12.1 Å². The summed E-state index contributed by atoms with van der Waals surface area (Å²) in [5, 5.41) is 15.7. The minimum absolute atomic E-state index is 0.00601. The summed E-state index contributed by atoms with van der Waals surface area (Å²) in [6, 6.07) is 1.76. The largest absolute Gasteiger partial charge is 0.503 e. The zero-order valence-electron chi connectivity index (χ0n) is 17.9. The summed E-state index contributed by atoms with van der Waals surface area (Å²) in [7, 11) is 0. The van der Waals surface area contributed by atoms with E-state index in [0.29, 0.717) is 19.0 Å². The molecule has 9 nitrogen and oxygen atoms in total.